The Bertz CT molecular complexity index is 2420. The van der Waals surface area contributed by atoms with Crippen molar-refractivity contribution in [3.8, 4) is 22.6 Å². The fourth-order valence-corrected chi connectivity index (χ4v) is 8.33. The first-order valence-corrected chi connectivity index (χ1v) is 21.4. The van der Waals surface area contributed by atoms with Gasteiger partial charge in [-0.3, -0.25) is 9.52 Å². The number of carbonyl (C=O) groups is 2. The molecule has 294 valence electrons. The summed E-state index contributed by atoms with van der Waals surface area (Å²) in [4.78, 5) is 28.6. The number of unbranched alkanes of at least 4 members (excludes halogenated alkanes) is 2. The summed E-state index contributed by atoms with van der Waals surface area (Å²) in [6, 6.07) is 38.8. The van der Waals surface area contributed by atoms with Crippen LogP contribution >= 0.6 is 15.9 Å². The lowest BCUT2D eigenvalue weighted by Gasteiger charge is -2.26. The summed E-state index contributed by atoms with van der Waals surface area (Å²) >= 11 is 3.39. The molecule has 0 aliphatic heterocycles. The van der Waals surface area contributed by atoms with Gasteiger partial charge >= 0.3 is 5.97 Å². The van der Waals surface area contributed by atoms with Crippen LogP contribution in [0.25, 0.3) is 21.9 Å². The molecular weight excluding hydrogens is 802 g/mol. The van der Waals surface area contributed by atoms with Gasteiger partial charge in [-0.15, -0.1) is 0 Å². The van der Waals surface area contributed by atoms with Gasteiger partial charge in [0.1, 0.15) is 17.5 Å². The Balaban J connectivity index is 1.18. The monoisotopic (exact) mass is 847 g/mol. The molecule has 1 atom stereocenters. The molecule has 0 saturated carbocycles. The average molecular weight is 849 g/mol. The second kappa shape index (κ2) is 19.0. The van der Waals surface area contributed by atoms with Gasteiger partial charge < -0.3 is 20.1 Å². The Kier molecular flexibility index (Phi) is 13.7. The van der Waals surface area contributed by atoms with Crippen molar-refractivity contribution < 1.29 is 27.9 Å². The fraction of sp³-hybridized carbons (Fsp3) is 0.217. The lowest BCUT2D eigenvalue weighted by atomic mass is 10.00. The topological polar surface area (TPSA) is 125 Å². The van der Waals surface area contributed by atoms with Crippen molar-refractivity contribution in [1.29, 1.82) is 0 Å². The number of benzene rings is 6. The number of anilines is 2. The highest BCUT2D eigenvalue weighted by atomic mass is 79.9. The molecule has 0 unspecified atom stereocenters. The van der Waals surface area contributed by atoms with Crippen molar-refractivity contribution in [3.05, 3.63) is 149 Å². The maximum atomic E-state index is 14.1. The predicted molar refractivity (Wildman–Crippen MR) is 232 cm³/mol. The minimum atomic E-state index is -4.21. The van der Waals surface area contributed by atoms with E-state index in [9.17, 15) is 23.1 Å². The highest BCUT2D eigenvalue weighted by Crippen LogP contribution is 2.34. The molecule has 1 amide bonds. The van der Waals surface area contributed by atoms with Gasteiger partial charge in [0.05, 0.1) is 16.1 Å². The van der Waals surface area contributed by atoms with E-state index in [1.165, 1.54) is 12.1 Å². The van der Waals surface area contributed by atoms with Crippen molar-refractivity contribution >= 4 is 60.0 Å². The van der Waals surface area contributed by atoms with E-state index < -0.39 is 27.9 Å². The van der Waals surface area contributed by atoms with Crippen LogP contribution in [0.3, 0.4) is 0 Å². The molecule has 0 radical (unpaired) electrons. The molecule has 0 saturated heterocycles. The van der Waals surface area contributed by atoms with Crippen LogP contribution in [0, 0.1) is 0 Å². The van der Waals surface area contributed by atoms with Gasteiger partial charge in [-0.25, -0.2) is 13.2 Å². The lowest BCUT2D eigenvalue weighted by molar-refractivity contribution is -0.139. The number of hydrogen-bond donors (Lipinski definition) is 3. The van der Waals surface area contributed by atoms with Crippen LogP contribution in [-0.4, -0.2) is 44.5 Å². The van der Waals surface area contributed by atoms with Gasteiger partial charge in [0.15, 0.2) is 0 Å². The average Bonchev–Trinajstić information content (AvgIpc) is 3.21. The first-order valence-electron chi connectivity index (χ1n) is 19.1. The Morgan fingerprint density at radius 3 is 2.00 bits per heavy atom. The second-order valence-electron chi connectivity index (χ2n) is 13.8. The Hall–Kier alpha value is -5.65. The van der Waals surface area contributed by atoms with Crippen molar-refractivity contribution in [2.75, 3.05) is 22.7 Å². The third-order valence-corrected chi connectivity index (χ3v) is 11.6. The normalized spacial score (nSPS) is 11.8. The van der Waals surface area contributed by atoms with Crippen LogP contribution in [0.15, 0.2) is 143 Å². The minimum absolute atomic E-state index is 0.00609. The number of hydrogen-bond acceptors (Lipinski definition) is 6. The van der Waals surface area contributed by atoms with Gasteiger partial charge in [-0.2, -0.15) is 0 Å². The standard InChI is InChI=1S/C46H46BrN3O6S/c1-3-5-28-50(29-6-4-2)43-16-10-15-39-38(43)14-11-17-44(39)57(54,55)49-41-27-24-35(47)31-40(41)45(51)48-42(46(52)53)30-32-18-20-33(21-19-32)34-22-25-37(26-23-34)56-36-12-8-7-9-13-36/h7-27,31,42,49H,3-6,28-30H2,1-2H3,(H,48,51)(H,52,53)/t42-/m0/s1. The van der Waals surface area contributed by atoms with E-state index in [1.807, 2.05) is 97.1 Å². The number of carboxylic acid groups (broad SMARTS) is 1. The molecule has 11 heteroatoms. The number of nitrogens with one attached hydrogen (secondary N) is 2. The largest absolute Gasteiger partial charge is 0.480 e. The molecule has 0 heterocycles. The highest BCUT2D eigenvalue weighted by Gasteiger charge is 2.26. The number of carbonyl (C=O) groups excluding carboxylic acids is 1. The lowest BCUT2D eigenvalue weighted by Crippen LogP contribution is -2.42. The Morgan fingerprint density at radius 1 is 0.737 bits per heavy atom. The molecule has 9 nitrogen and oxygen atoms in total. The third-order valence-electron chi connectivity index (χ3n) is 9.69. The number of nitrogens with zero attached hydrogens (tertiary/aromatic N) is 1. The predicted octanol–water partition coefficient (Wildman–Crippen LogP) is 10.7. The third kappa shape index (κ3) is 10.4. The molecule has 0 fully saturated rings. The van der Waals surface area contributed by atoms with E-state index in [-0.39, 0.29) is 22.6 Å². The second-order valence-corrected chi connectivity index (χ2v) is 16.4. The summed E-state index contributed by atoms with van der Waals surface area (Å²) in [5, 5.41) is 14.2. The molecule has 6 aromatic rings. The summed E-state index contributed by atoms with van der Waals surface area (Å²) in [7, 11) is -4.21. The van der Waals surface area contributed by atoms with E-state index in [0.717, 1.165) is 66.7 Å². The number of ether oxygens (including phenoxy) is 1. The zero-order valence-corrected chi connectivity index (χ0v) is 34.4. The number of aliphatic carboxylic acids is 1. The first-order chi connectivity index (χ1) is 27.6. The van der Waals surface area contributed by atoms with Crippen LogP contribution in [-0.2, 0) is 21.2 Å². The van der Waals surface area contributed by atoms with Crippen molar-refractivity contribution in [3.63, 3.8) is 0 Å². The molecule has 0 aliphatic rings. The van der Waals surface area contributed by atoms with Gasteiger partial charge in [0, 0.05) is 40.4 Å². The van der Waals surface area contributed by atoms with Gasteiger partial charge in [-0.1, -0.05) is 121 Å². The quantitative estimate of drug-likeness (QED) is 0.0786. The van der Waals surface area contributed by atoms with E-state index in [1.54, 1.807) is 24.3 Å². The Morgan fingerprint density at radius 2 is 1.35 bits per heavy atom. The van der Waals surface area contributed by atoms with E-state index in [0.29, 0.717) is 21.2 Å². The van der Waals surface area contributed by atoms with Crippen LogP contribution < -0.4 is 19.7 Å². The number of rotatable bonds is 18. The Labute approximate surface area is 342 Å². The number of halogens is 1. The zero-order valence-electron chi connectivity index (χ0n) is 32.0. The minimum Gasteiger partial charge on any atom is -0.480 e. The number of para-hydroxylation sites is 1. The van der Waals surface area contributed by atoms with Crippen molar-refractivity contribution in [2.45, 2.75) is 56.9 Å². The fourth-order valence-electron chi connectivity index (χ4n) is 6.66. The van der Waals surface area contributed by atoms with Crippen LogP contribution in [0.1, 0.15) is 55.5 Å². The molecule has 0 bridgehead atoms. The van der Waals surface area contributed by atoms with Crippen LogP contribution in [0.2, 0.25) is 0 Å². The summed E-state index contributed by atoms with van der Waals surface area (Å²) in [5.41, 5.74) is 3.56. The smallest absolute Gasteiger partial charge is 0.326 e. The molecule has 0 aliphatic carbocycles. The van der Waals surface area contributed by atoms with E-state index in [2.05, 4.69) is 44.7 Å². The van der Waals surface area contributed by atoms with E-state index in [4.69, 9.17) is 4.74 Å². The summed E-state index contributed by atoms with van der Waals surface area (Å²) in [6.45, 7) is 6.04. The molecule has 6 rings (SSSR count). The first kappa shape index (κ1) is 41.0. The van der Waals surface area contributed by atoms with Gasteiger partial charge in [-0.05, 0) is 84.1 Å². The van der Waals surface area contributed by atoms with Gasteiger partial charge in [0.2, 0.25) is 0 Å². The summed E-state index contributed by atoms with van der Waals surface area (Å²) in [5.74, 6) is -0.512. The molecule has 0 spiro atoms. The summed E-state index contributed by atoms with van der Waals surface area (Å²) < 4.78 is 37.3. The molecule has 6 aromatic carbocycles. The highest BCUT2D eigenvalue weighted by molar-refractivity contribution is 9.10. The zero-order chi connectivity index (χ0) is 40.4. The molecular formula is C46H46BrN3O6S. The molecule has 57 heavy (non-hydrogen) atoms. The number of carboxylic acids is 1. The van der Waals surface area contributed by atoms with Crippen molar-refractivity contribution in [1.82, 2.24) is 5.32 Å². The van der Waals surface area contributed by atoms with Crippen LogP contribution in [0.4, 0.5) is 11.4 Å². The number of amides is 1. The van der Waals surface area contributed by atoms with E-state index >= 15 is 0 Å². The number of sulfonamides is 1. The maximum Gasteiger partial charge on any atom is 0.326 e. The maximum absolute atomic E-state index is 14.1. The SMILES string of the molecule is CCCCN(CCCC)c1cccc2c(S(=O)(=O)Nc3ccc(Br)cc3C(=O)N[C@@H](Cc3ccc(-c4ccc(Oc5ccccc5)cc4)cc3)C(=O)O)cccc12. The van der Waals surface area contributed by atoms with Crippen LogP contribution in [0.5, 0.6) is 11.5 Å². The van der Waals surface area contributed by atoms with Gasteiger partial charge in [0.25, 0.3) is 15.9 Å². The summed E-state index contributed by atoms with van der Waals surface area (Å²) in [6.07, 6.45) is 4.13. The molecule has 0 aromatic heterocycles. The number of fused-ring (bicyclic) bond motifs is 1. The molecule has 3 N–H and O–H groups in total. The van der Waals surface area contributed by atoms with Crippen molar-refractivity contribution in [2.24, 2.45) is 0 Å².